The van der Waals surface area contributed by atoms with Crippen LogP contribution < -0.4 is 5.32 Å². The van der Waals surface area contributed by atoms with Gasteiger partial charge in [-0.15, -0.1) is 0 Å². The fraction of sp³-hybridized carbons (Fsp3) is 0.684. The molecule has 0 bridgehead atoms. The predicted octanol–water partition coefficient (Wildman–Crippen LogP) is 4.13. The molecule has 1 rings (SSSR count). The van der Waals surface area contributed by atoms with Crippen LogP contribution in [0.4, 0.5) is 4.79 Å². The summed E-state index contributed by atoms with van der Waals surface area (Å²) in [6.07, 6.45) is 7.14. The Morgan fingerprint density at radius 1 is 1.42 bits per heavy atom. The van der Waals surface area contributed by atoms with Crippen molar-refractivity contribution >= 4 is 12.1 Å². The van der Waals surface area contributed by atoms with E-state index in [1.165, 1.54) is 11.6 Å². The molecule has 0 saturated heterocycles. The van der Waals surface area contributed by atoms with E-state index in [0.717, 1.165) is 19.3 Å². The number of hydrogen-bond donors (Lipinski definition) is 1. The maximum absolute atomic E-state index is 12.1. The fourth-order valence-corrected chi connectivity index (χ4v) is 2.54. The quantitative estimate of drug-likeness (QED) is 0.560. The van der Waals surface area contributed by atoms with Crippen LogP contribution in [0.15, 0.2) is 23.8 Å². The first-order chi connectivity index (χ1) is 11.1. The molecule has 1 amide bonds. The first kappa shape index (κ1) is 20.3. The lowest BCUT2D eigenvalue weighted by atomic mass is 9.93. The van der Waals surface area contributed by atoms with Crippen molar-refractivity contribution in [3.05, 3.63) is 23.8 Å². The number of cyclic esters (lactones) is 1. The third-order valence-electron chi connectivity index (χ3n) is 3.64. The number of ether oxygens (including phenoxy) is 2. The number of nitrogens with one attached hydrogen (secondary N) is 1. The Bertz CT molecular complexity index is 498. The lowest BCUT2D eigenvalue weighted by Crippen LogP contribution is -2.46. The second kappa shape index (κ2) is 8.90. The second-order valence-corrected chi connectivity index (χ2v) is 7.71. The third-order valence-corrected chi connectivity index (χ3v) is 3.64. The van der Waals surface area contributed by atoms with Crippen LogP contribution in [-0.2, 0) is 14.3 Å². The van der Waals surface area contributed by atoms with E-state index in [4.69, 9.17) is 9.47 Å². The molecule has 1 aliphatic heterocycles. The largest absolute Gasteiger partial charge is 0.453 e. The van der Waals surface area contributed by atoms with E-state index in [2.05, 4.69) is 32.2 Å². The summed E-state index contributed by atoms with van der Waals surface area (Å²) in [5.74, 6) is 0.0152. The van der Waals surface area contributed by atoms with Crippen LogP contribution in [-0.4, -0.2) is 29.8 Å². The molecule has 0 aromatic heterocycles. The summed E-state index contributed by atoms with van der Waals surface area (Å²) in [6.45, 7) is 11.8. The maximum Gasteiger partial charge on any atom is 0.408 e. The molecule has 24 heavy (non-hydrogen) atoms. The van der Waals surface area contributed by atoms with E-state index in [1.54, 1.807) is 6.08 Å². The van der Waals surface area contributed by atoms with Gasteiger partial charge in [0.2, 0.25) is 0 Å². The van der Waals surface area contributed by atoms with Gasteiger partial charge in [0.25, 0.3) is 0 Å². The minimum Gasteiger partial charge on any atom is -0.453 e. The van der Waals surface area contributed by atoms with Crippen LogP contribution in [0.2, 0.25) is 0 Å². The lowest BCUT2D eigenvalue weighted by Gasteiger charge is -2.27. The molecule has 0 spiro atoms. The van der Waals surface area contributed by atoms with Crippen molar-refractivity contribution in [2.24, 2.45) is 5.92 Å². The SMILES string of the molecule is CC(C)=CCCC(C)C[C@@H](NC(=O)OC(C)(C)C)C1C=CC(=O)O1. The summed E-state index contributed by atoms with van der Waals surface area (Å²) in [5, 5.41) is 2.86. The van der Waals surface area contributed by atoms with Gasteiger partial charge in [0.05, 0.1) is 6.04 Å². The number of rotatable bonds is 7. The molecule has 5 nitrogen and oxygen atoms in total. The normalized spacial score (nSPS) is 19.4. The van der Waals surface area contributed by atoms with Gasteiger partial charge in [0.1, 0.15) is 11.7 Å². The van der Waals surface area contributed by atoms with E-state index in [9.17, 15) is 9.59 Å². The highest BCUT2D eigenvalue weighted by Crippen LogP contribution is 2.21. The van der Waals surface area contributed by atoms with Crippen molar-refractivity contribution in [1.29, 1.82) is 0 Å². The van der Waals surface area contributed by atoms with Gasteiger partial charge in [-0.1, -0.05) is 18.6 Å². The standard InChI is InChI=1S/C19H31NO4/c1-13(2)8-7-9-14(3)12-15(16-10-11-17(21)23-16)20-18(22)24-19(4,5)6/h8,10-11,14-16H,7,9,12H2,1-6H3,(H,20,22)/t14?,15-,16?/m1/s1. The molecular weight excluding hydrogens is 306 g/mol. The third kappa shape index (κ3) is 8.18. The fourth-order valence-electron chi connectivity index (χ4n) is 2.54. The molecule has 0 aromatic carbocycles. The van der Waals surface area contributed by atoms with Crippen LogP contribution in [0.5, 0.6) is 0 Å². The molecule has 0 saturated carbocycles. The highest BCUT2D eigenvalue weighted by atomic mass is 16.6. The molecule has 136 valence electrons. The highest BCUT2D eigenvalue weighted by molar-refractivity contribution is 5.84. The molecule has 1 N–H and O–H groups in total. The summed E-state index contributed by atoms with van der Waals surface area (Å²) in [5.41, 5.74) is 0.740. The van der Waals surface area contributed by atoms with Crippen molar-refractivity contribution in [3.8, 4) is 0 Å². The van der Waals surface area contributed by atoms with Crippen molar-refractivity contribution in [2.75, 3.05) is 0 Å². The van der Waals surface area contributed by atoms with Gasteiger partial charge >= 0.3 is 12.1 Å². The summed E-state index contributed by atoms with van der Waals surface area (Å²) in [4.78, 5) is 23.4. The summed E-state index contributed by atoms with van der Waals surface area (Å²) in [6, 6.07) is -0.288. The van der Waals surface area contributed by atoms with Gasteiger partial charge in [0.15, 0.2) is 0 Å². The summed E-state index contributed by atoms with van der Waals surface area (Å²) >= 11 is 0. The Balaban J connectivity index is 2.64. The van der Waals surface area contributed by atoms with Gasteiger partial charge in [-0.25, -0.2) is 9.59 Å². The average Bonchev–Trinajstić information content (AvgIpc) is 2.82. The Labute approximate surface area is 145 Å². The minimum absolute atomic E-state index is 0.288. The first-order valence-corrected chi connectivity index (χ1v) is 8.58. The highest BCUT2D eigenvalue weighted by Gasteiger charge is 2.30. The Hall–Kier alpha value is -1.78. The van der Waals surface area contributed by atoms with E-state index in [1.807, 2.05) is 20.8 Å². The van der Waals surface area contributed by atoms with Gasteiger partial charge in [-0.2, -0.15) is 0 Å². The number of alkyl carbamates (subject to hydrolysis) is 1. The van der Waals surface area contributed by atoms with Crippen LogP contribution in [0.3, 0.4) is 0 Å². The van der Waals surface area contributed by atoms with E-state index in [-0.39, 0.29) is 12.0 Å². The van der Waals surface area contributed by atoms with Crippen molar-refractivity contribution < 1.29 is 19.1 Å². The number of esters is 1. The van der Waals surface area contributed by atoms with Crippen LogP contribution >= 0.6 is 0 Å². The van der Waals surface area contributed by atoms with E-state index >= 15 is 0 Å². The molecule has 0 radical (unpaired) electrons. The van der Waals surface area contributed by atoms with Gasteiger partial charge in [-0.3, -0.25) is 0 Å². The summed E-state index contributed by atoms with van der Waals surface area (Å²) < 4.78 is 10.6. The van der Waals surface area contributed by atoms with Crippen molar-refractivity contribution in [2.45, 2.75) is 78.6 Å². The zero-order valence-electron chi connectivity index (χ0n) is 15.7. The van der Waals surface area contributed by atoms with E-state index in [0.29, 0.717) is 5.92 Å². The van der Waals surface area contributed by atoms with Gasteiger partial charge in [0, 0.05) is 6.08 Å². The molecule has 1 aliphatic rings. The number of hydrogen-bond acceptors (Lipinski definition) is 4. The molecular formula is C19H31NO4. The molecule has 0 fully saturated rings. The Kier molecular flexibility index (Phi) is 7.52. The molecule has 1 heterocycles. The molecule has 0 aromatic rings. The van der Waals surface area contributed by atoms with Crippen LogP contribution in [0, 0.1) is 5.92 Å². The van der Waals surface area contributed by atoms with Crippen molar-refractivity contribution in [3.63, 3.8) is 0 Å². The smallest absolute Gasteiger partial charge is 0.408 e. The Morgan fingerprint density at radius 2 is 2.08 bits per heavy atom. The predicted molar refractivity (Wildman–Crippen MR) is 94.6 cm³/mol. The number of carbonyl (C=O) groups excluding carboxylic acids is 2. The molecule has 3 atom stereocenters. The monoisotopic (exact) mass is 337 g/mol. The zero-order chi connectivity index (χ0) is 18.3. The topological polar surface area (TPSA) is 64.6 Å². The zero-order valence-corrected chi connectivity index (χ0v) is 15.7. The number of allylic oxidation sites excluding steroid dienone is 2. The van der Waals surface area contributed by atoms with E-state index < -0.39 is 17.8 Å². The van der Waals surface area contributed by atoms with Gasteiger partial charge in [-0.05, 0) is 65.9 Å². The minimum atomic E-state index is -0.564. The summed E-state index contributed by atoms with van der Waals surface area (Å²) in [7, 11) is 0. The average molecular weight is 337 g/mol. The number of carbonyl (C=O) groups is 2. The second-order valence-electron chi connectivity index (χ2n) is 7.71. The van der Waals surface area contributed by atoms with Gasteiger partial charge < -0.3 is 14.8 Å². The number of amides is 1. The molecule has 2 unspecified atom stereocenters. The molecule has 0 aliphatic carbocycles. The van der Waals surface area contributed by atoms with Crippen LogP contribution in [0.25, 0.3) is 0 Å². The maximum atomic E-state index is 12.1. The van der Waals surface area contributed by atoms with Crippen molar-refractivity contribution in [1.82, 2.24) is 5.32 Å². The molecule has 5 heteroatoms. The first-order valence-electron chi connectivity index (χ1n) is 8.58. The lowest BCUT2D eigenvalue weighted by molar-refractivity contribution is -0.139. The Morgan fingerprint density at radius 3 is 2.58 bits per heavy atom. The van der Waals surface area contributed by atoms with Crippen LogP contribution in [0.1, 0.15) is 60.8 Å².